The molecule has 0 aromatic heterocycles. The van der Waals surface area contributed by atoms with Crippen LogP contribution in [0.2, 0.25) is 0 Å². The first-order valence-electron chi connectivity index (χ1n) is 6.59. The van der Waals surface area contributed by atoms with Gasteiger partial charge in [0.15, 0.2) is 0 Å². The van der Waals surface area contributed by atoms with Crippen molar-refractivity contribution >= 4 is 5.91 Å². The number of nitrogens with one attached hydrogen (secondary N) is 2. The summed E-state index contributed by atoms with van der Waals surface area (Å²) in [5.41, 5.74) is -0.278. The molecule has 2 N–H and O–H groups in total. The normalized spacial score (nSPS) is 25.6. The molecule has 0 spiro atoms. The van der Waals surface area contributed by atoms with Crippen LogP contribution < -0.4 is 10.6 Å². The molecule has 4 heteroatoms. The lowest BCUT2D eigenvalue weighted by atomic mass is 9.94. The van der Waals surface area contributed by atoms with Gasteiger partial charge in [0.05, 0.1) is 11.5 Å². The molecule has 0 bridgehead atoms. The molecule has 0 radical (unpaired) electrons. The Morgan fingerprint density at radius 3 is 2.71 bits per heavy atom. The second-order valence-corrected chi connectivity index (χ2v) is 5.49. The number of ether oxygens (including phenoxy) is 1. The van der Waals surface area contributed by atoms with Crippen LogP contribution in [0.4, 0.5) is 0 Å². The smallest absolute Gasteiger partial charge is 0.224 e. The summed E-state index contributed by atoms with van der Waals surface area (Å²) in [6.07, 6.45) is 2.06. The van der Waals surface area contributed by atoms with Gasteiger partial charge in [-0.15, -0.1) is 0 Å². The van der Waals surface area contributed by atoms with Crippen molar-refractivity contribution in [3.63, 3.8) is 0 Å². The Hall–Kier alpha value is -0.610. The third-order valence-electron chi connectivity index (χ3n) is 3.26. The van der Waals surface area contributed by atoms with Crippen molar-refractivity contribution in [3.05, 3.63) is 0 Å². The van der Waals surface area contributed by atoms with Crippen molar-refractivity contribution in [2.75, 3.05) is 19.7 Å². The standard InChI is InChI=1S/C13H26N2O2/c1-5-17-13(3,4)9-15-12(16)11-7-6-10(2)14-8-11/h10-11,14H,5-9H2,1-4H3,(H,15,16). The molecule has 17 heavy (non-hydrogen) atoms. The predicted octanol–water partition coefficient (Wildman–Crippen LogP) is 1.31. The quantitative estimate of drug-likeness (QED) is 0.764. The zero-order valence-electron chi connectivity index (χ0n) is 11.5. The van der Waals surface area contributed by atoms with Crippen LogP contribution in [-0.4, -0.2) is 37.2 Å². The first-order valence-corrected chi connectivity index (χ1v) is 6.59. The van der Waals surface area contributed by atoms with Crippen LogP contribution in [0, 0.1) is 5.92 Å². The Bertz CT molecular complexity index is 246. The fourth-order valence-corrected chi connectivity index (χ4v) is 2.11. The summed E-state index contributed by atoms with van der Waals surface area (Å²) in [4.78, 5) is 11.9. The number of carbonyl (C=O) groups excluding carboxylic acids is 1. The van der Waals surface area contributed by atoms with E-state index in [2.05, 4.69) is 17.6 Å². The Morgan fingerprint density at radius 1 is 1.47 bits per heavy atom. The second-order valence-electron chi connectivity index (χ2n) is 5.49. The van der Waals surface area contributed by atoms with Crippen molar-refractivity contribution < 1.29 is 9.53 Å². The minimum atomic E-state index is -0.278. The molecule has 1 heterocycles. The lowest BCUT2D eigenvalue weighted by Gasteiger charge is -2.29. The van der Waals surface area contributed by atoms with E-state index in [0.29, 0.717) is 19.2 Å². The fourth-order valence-electron chi connectivity index (χ4n) is 2.11. The van der Waals surface area contributed by atoms with Gasteiger partial charge >= 0.3 is 0 Å². The first kappa shape index (κ1) is 14.5. The van der Waals surface area contributed by atoms with E-state index in [1.165, 1.54) is 0 Å². The second kappa shape index (κ2) is 6.36. The van der Waals surface area contributed by atoms with E-state index in [0.717, 1.165) is 19.4 Å². The third-order valence-corrected chi connectivity index (χ3v) is 3.26. The van der Waals surface area contributed by atoms with Crippen LogP contribution >= 0.6 is 0 Å². The monoisotopic (exact) mass is 242 g/mol. The Balaban J connectivity index is 2.29. The minimum absolute atomic E-state index is 0.114. The van der Waals surface area contributed by atoms with E-state index in [4.69, 9.17) is 4.74 Å². The maximum Gasteiger partial charge on any atom is 0.224 e. The number of piperidine rings is 1. The van der Waals surface area contributed by atoms with E-state index in [9.17, 15) is 4.79 Å². The highest BCUT2D eigenvalue weighted by molar-refractivity contribution is 5.79. The maximum absolute atomic E-state index is 11.9. The van der Waals surface area contributed by atoms with Crippen molar-refractivity contribution in [1.82, 2.24) is 10.6 Å². The Labute approximate surface area is 104 Å². The van der Waals surface area contributed by atoms with Crippen LogP contribution in [0.5, 0.6) is 0 Å². The van der Waals surface area contributed by atoms with Crippen LogP contribution in [-0.2, 0) is 9.53 Å². The van der Waals surface area contributed by atoms with E-state index in [-0.39, 0.29) is 17.4 Å². The van der Waals surface area contributed by atoms with E-state index >= 15 is 0 Å². The SMILES string of the molecule is CCOC(C)(C)CNC(=O)C1CCC(C)NC1. The molecule has 1 amide bonds. The van der Waals surface area contributed by atoms with Crippen LogP contribution in [0.3, 0.4) is 0 Å². The predicted molar refractivity (Wildman–Crippen MR) is 68.9 cm³/mol. The summed E-state index contributed by atoms with van der Waals surface area (Å²) in [7, 11) is 0. The number of hydrogen-bond acceptors (Lipinski definition) is 3. The molecule has 2 unspecified atom stereocenters. The fraction of sp³-hybridized carbons (Fsp3) is 0.923. The summed E-state index contributed by atoms with van der Waals surface area (Å²) >= 11 is 0. The molecule has 0 aromatic carbocycles. The molecule has 0 saturated carbocycles. The number of carbonyl (C=O) groups is 1. The molecule has 2 atom stereocenters. The lowest BCUT2D eigenvalue weighted by Crippen LogP contribution is -2.47. The first-order chi connectivity index (χ1) is 7.94. The molecular weight excluding hydrogens is 216 g/mol. The highest BCUT2D eigenvalue weighted by atomic mass is 16.5. The van der Waals surface area contributed by atoms with E-state index in [1.807, 2.05) is 20.8 Å². The molecule has 0 aliphatic carbocycles. The highest BCUT2D eigenvalue weighted by Gasteiger charge is 2.25. The van der Waals surface area contributed by atoms with E-state index < -0.39 is 0 Å². The molecule has 4 nitrogen and oxygen atoms in total. The van der Waals surface area contributed by atoms with Gasteiger partial charge in [0.25, 0.3) is 0 Å². The third kappa shape index (κ3) is 5.04. The lowest BCUT2D eigenvalue weighted by molar-refractivity contribution is -0.127. The van der Waals surface area contributed by atoms with Crippen molar-refractivity contribution in [2.45, 2.75) is 52.2 Å². The van der Waals surface area contributed by atoms with Crippen LogP contribution in [0.1, 0.15) is 40.5 Å². The summed E-state index contributed by atoms with van der Waals surface area (Å²) in [6, 6.07) is 0.541. The van der Waals surface area contributed by atoms with Crippen LogP contribution in [0.15, 0.2) is 0 Å². The number of amides is 1. The minimum Gasteiger partial charge on any atom is -0.374 e. The topological polar surface area (TPSA) is 50.4 Å². The molecule has 0 aromatic rings. The van der Waals surface area contributed by atoms with Gasteiger partial charge in [-0.05, 0) is 40.5 Å². The molecule has 1 saturated heterocycles. The van der Waals surface area contributed by atoms with Gasteiger partial charge in [0.2, 0.25) is 5.91 Å². The average Bonchev–Trinajstić information content (AvgIpc) is 2.27. The van der Waals surface area contributed by atoms with Gasteiger partial charge < -0.3 is 15.4 Å². The van der Waals surface area contributed by atoms with Gasteiger partial charge in [0, 0.05) is 25.7 Å². The Kier molecular flexibility index (Phi) is 5.40. The summed E-state index contributed by atoms with van der Waals surface area (Å²) in [5, 5.41) is 6.33. The van der Waals surface area contributed by atoms with Crippen molar-refractivity contribution in [2.24, 2.45) is 5.92 Å². The number of hydrogen-bond donors (Lipinski definition) is 2. The molecule has 1 aliphatic rings. The van der Waals surface area contributed by atoms with Crippen LogP contribution in [0.25, 0.3) is 0 Å². The van der Waals surface area contributed by atoms with Gasteiger partial charge in [-0.3, -0.25) is 4.79 Å². The summed E-state index contributed by atoms with van der Waals surface area (Å²) in [6.45, 7) is 10.2. The average molecular weight is 242 g/mol. The van der Waals surface area contributed by atoms with Gasteiger partial charge in [-0.25, -0.2) is 0 Å². The molecular formula is C13H26N2O2. The van der Waals surface area contributed by atoms with Crippen molar-refractivity contribution in [1.29, 1.82) is 0 Å². The highest BCUT2D eigenvalue weighted by Crippen LogP contribution is 2.14. The Morgan fingerprint density at radius 2 is 2.18 bits per heavy atom. The van der Waals surface area contributed by atoms with E-state index in [1.54, 1.807) is 0 Å². The molecule has 1 rings (SSSR count). The largest absolute Gasteiger partial charge is 0.374 e. The summed E-state index contributed by atoms with van der Waals surface area (Å²) in [5.74, 6) is 0.265. The van der Waals surface area contributed by atoms with Gasteiger partial charge in [0.1, 0.15) is 0 Å². The zero-order chi connectivity index (χ0) is 12.9. The maximum atomic E-state index is 11.9. The number of rotatable bonds is 5. The summed E-state index contributed by atoms with van der Waals surface area (Å²) < 4.78 is 5.55. The van der Waals surface area contributed by atoms with Crippen molar-refractivity contribution in [3.8, 4) is 0 Å². The molecule has 100 valence electrons. The molecule has 1 aliphatic heterocycles. The molecule has 1 fully saturated rings. The zero-order valence-corrected chi connectivity index (χ0v) is 11.5. The van der Waals surface area contributed by atoms with Gasteiger partial charge in [-0.2, -0.15) is 0 Å². The van der Waals surface area contributed by atoms with Gasteiger partial charge in [-0.1, -0.05) is 0 Å².